The zero-order valence-corrected chi connectivity index (χ0v) is 12.9. The standard InChI is InChI=1S/C17H14N2O3S/c18-12-8-6-10(7-9-12)13-14(11-4-2-1-3-5-11)22-16(19-13)15(23)17(20)21/h1-9,15,23H,18H2,(H,20,21). The molecule has 0 radical (unpaired) electrons. The zero-order valence-electron chi connectivity index (χ0n) is 12.0. The third kappa shape index (κ3) is 3.07. The number of thiol groups is 1. The fourth-order valence-electron chi connectivity index (χ4n) is 2.18. The van der Waals surface area contributed by atoms with E-state index in [1.807, 2.05) is 42.5 Å². The molecule has 3 N–H and O–H groups in total. The lowest BCUT2D eigenvalue weighted by atomic mass is 10.1. The Balaban J connectivity index is 2.16. The number of carbonyl (C=O) groups is 1. The van der Waals surface area contributed by atoms with E-state index >= 15 is 0 Å². The number of oxazole rings is 1. The SMILES string of the molecule is Nc1ccc(-c2nc(C(S)C(=O)O)oc2-c2ccccc2)cc1. The van der Waals surface area contributed by atoms with Crippen LogP contribution < -0.4 is 5.73 Å². The Bertz CT molecular complexity index is 829. The summed E-state index contributed by atoms with van der Waals surface area (Å²) in [5.41, 5.74) is 8.51. The summed E-state index contributed by atoms with van der Waals surface area (Å²) >= 11 is 4.04. The fourth-order valence-corrected chi connectivity index (χ4v) is 2.29. The quantitative estimate of drug-likeness (QED) is 0.503. The van der Waals surface area contributed by atoms with E-state index < -0.39 is 11.2 Å². The molecule has 0 aliphatic heterocycles. The van der Waals surface area contributed by atoms with Crippen LogP contribution in [0.2, 0.25) is 0 Å². The average molecular weight is 326 g/mol. The summed E-state index contributed by atoms with van der Waals surface area (Å²) in [4.78, 5) is 15.5. The van der Waals surface area contributed by atoms with E-state index in [1.165, 1.54) is 0 Å². The van der Waals surface area contributed by atoms with Crippen molar-refractivity contribution < 1.29 is 14.3 Å². The van der Waals surface area contributed by atoms with Crippen LogP contribution in [-0.2, 0) is 4.79 Å². The summed E-state index contributed by atoms with van der Waals surface area (Å²) in [5, 5.41) is 8.00. The first-order valence-corrected chi connectivity index (χ1v) is 7.41. The van der Waals surface area contributed by atoms with E-state index in [-0.39, 0.29) is 5.89 Å². The number of anilines is 1. The zero-order chi connectivity index (χ0) is 16.4. The third-order valence-electron chi connectivity index (χ3n) is 3.33. The first-order valence-electron chi connectivity index (χ1n) is 6.89. The molecule has 0 aliphatic carbocycles. The maximum atomic E-state index is 11.1. The highest BCUT2D eigenvalue weighted by atomic mass is 32.1. The molecule has 3 rings (SSSR count). The van der Waals surface area contributed by atoms with E-state index in [0.717, 1.165) is 11.1 Å². The first kappa shape index (κ1) is 15.2. The lowest BCUT2D eigenvalue weighted by molar-refractivity contribution is -0.136. The van der Waals surface area contributed by atoms with E-state index in [9.17, 15) is 4.79 Å². The molecule has 0 saturated heterocycles. The van der Waals surface area contributed by atoms with Crippen molar-refractivity contribution in [2.75, 3.05) is 5.73 Å². The van der Waals surface area contributed by atoms with Crippen molar-refractivity contribution in [3.8, 4) is 22.6 Å². The molecule has 2 aromatic carbocycles. The molecule has 116 valence electrons. The number of carboxylic acid groups (broad SMARTS) is 1. The number of carboxylic acids is 1. The molecule has 1 aromatic heterocycles. The van der Waals surface area contributed by atoms with Crippen LogP contribution in [0.5, 0.6) is 0 Å². The number of aliphatic carboxylic acids is 1. The second-order valence-corrected chi connectivity index (χ2v) is 5.48. The van der Waals surface area contributed by atoms with Gasteiger partial charge in [-0.3, -0.25) is 4.79 Å². The van der Waals surface area contributed by atoms with Crippen molar-refractivity contribution in [2.45, 2.75) is 5.25 Å². The van der Waals surface area contributed by atoms with Crippen LogP contribution in [0.4, 0.5) is 5.69 Å². The van der Waals surface area contributed by atoms with Crippen molar-refractivity contribution in [1.29, 1.82) is 0 Å². The molecule has 0 aliphatic rings. The molecule has 0 amide bonds. The molecular weight excluding hydrogens is 312 g/mol. The van der Waals surface area contributed by atoms with Crippen LogP contribution in [0, 0.1) is 0 Å². The van der Waals surface area contributed by atoms with Crippen molar-refractivity contribution >= 4 is 24.3 Å². The van der Waals surface area contributed by atoms with Gasteiger partial charge in [0.1, 0.15) is 5.69 Å². The number of rotatable bonds is 4. The van der Waals surface area contributed by atoms with Crippen LogP contribution in [0.25, 0.3) is 22.6 Å². The van der Waals surface area contributed by atoms with Crippen LogP contribution in [-0.4, -0.2) is 16.1 Å². The monoisotopic (exact) mass is 326 g/mol. The normalized spacial score (nSPS) is 12.0. The number of nitrogens with zero attached hydrogens (tertiary/aromatic N) is 1. The van der Waals surface area contributed by atoms with Gasteiger partial charge >= 0.3 is 5.97 Å². The number of hydrogen-bond donors (Lipinski definition) is 3. The summed E-state index contributed by atoms with van der Waals surface area (Å²) in [6, 6.07) is 16.5. The van der Waals surface area contributed by atoms with Gasteiger partial charge in [0.25, 0.3) is 0 Å². The Labute approximate surface area is 138 Å². The Morgan fingerprint density at radius 2 is 1.74 bits per heavy atom. The molecule has 3 aromatic rings. The molecule has 0 fully saturated rings. The average Bonchev–Trinajstić information content (AvgIpc) is 3.00. The molecule has 0 bridgehead atoms. The van der Waals surface area contributed by atoms with Gasteiger partial charge in [0.2, 0.25) is 5.89 Å². The number of hydrogen-bond acceptors (Lipinski definition) is 5. The van der Waals surface area contributed by atoms with Crippen LogP contribution in [0.3, 0.4) is 0 Å². The highest BCUT2D eigenvalue weighted by molar-refractivity contribution is 7.81. The second-order valence-electron chi connectivity index (χ2n) is 4.96. The lowest BCUT2D eigenvalue weighted by Crippen LogP contribution is -2.05. The summed E-state index contributed by atoms with van der Waals surface area (Å²) in [6.45, 7) is 0. The van der Waals surface area contributed by atoms with Gasteiger partial charge in [-0.15, -0.1) is 0 Å². The largest absolute Gasteiger partial charge is 0.480 e. The summed E-state index contributed by atoms with van der Waals surface area (Å²) < 4.78 is 5.71. The van der Waals surface area contributed by atoms with Gasteiger partial charge in [0.05, 0.1) is 0 Å². The van der Waals surface area contributed by atoms with Gasteiger partial charge in [-0.25, -0.2) is 4.98 Å². The van der Waals surface area contributed by atoms with E-state index in [0.29, 0.717) is 17.1 Å². The first-order chi connectivity index (χ1) is 11.1. The van der Waals surface area contributed by atoms with Crippen LogP contribution >= 0.6 is 12.6 Å². The predicted molar refractivity (Wildman–Crippen MR) is 91.2 cm³/mol. The molecule has 5 nitrogen and oxygen atoms in total. The molecule has 1 unspecified atom stereocenters. The molecular formula is C17H14N2O3S. The Kier molecular flexibility index (Phi) is 4.08. The third-order valence-corrected chi connectivity index (χ3v) is 3.77. The van der Waals surface area contributed by atoms with Crippen molar-refractivity contribution in [3.63, 3.8) is 0 Å². The highest BCUT2D eigenvalue weighted by Crippen LogP contribution is 2.35. The van der Waals surface area contributed by atoms with Gasteiger partial charge in [0.15, 0.2) is 11.0 Å². The summed E-state index contributed by atoms with van der Waals surface area (Å²) in [6.07, 6.45) is 0. The molecule has 0 saturated carbocycles. The molecule has 1 atom stereocenters. The topological polar surface area (TPSA) is 89.3 Å². The number of nitrogens with two attached hydrogens (primary N) is 1. The van der Waals surface area contributed by atoms with Crippen molar-refractivity contribution in [1.82, 2.24) is 4.98 Å². The summed E-state index contributed by atoms with van der Waals surface area (Å²) in [7, 11) is 0. The Morgan fingerprint density at radius 1 is 1.09 bits per heavy atom. The maximum Gasteiger partial charge on any atom is 0.325 e. The van der Waals surface area contributed by atoms with Gasteiger partial charge in [-0.05, 0) is 12.1 Å². The van der Waals surface area contributed by atoms with Crippen LogP contribution in [0.1, 0.15) is 11.1 Å². The molecule has 1 heterocycles. The van der Waals surface area contributed by atoms with Gasteiger partial charge in [-0.2, -0.15) is 12.6 Å². The van der Waals surface area contributed by atoms with E-state index in [1.54, 1.807) is 12.1 Å². The maximum absolute atomic E-state index is 11.1. The lowest BCUT2D eigenvalue weighted by Gasteiger charge is -2.02. The highest BCUT2D eigenvalue weighted by Gasteiger charge is 2.25. The predicted octanol–water partition coefficient (Wildman–Crippen LogP) is 3.65. The minimum absolute atomic E-state index is 0.0477. The fraction of sp³-hybridized carbons (Fsp3) is 0.0588. The number of aromatic nitrogens is 1. The minimum atomic E-state index is -1.13. The van der Waals surface area contributed by atoms with Crippen LogP contribution in [0.15, 0.2) is 59.0 Å². The number of nitrogen functional groups attached to an aromatic ring is 1. The molecule has 0 spiro atoms. The van der Waals surface area contributed by atoms with Gasteiger partial charge in [0, 0.05) is 16.8 Å². The van der Waals surface area contributed by atoms with Crippen molar-refractivity contribution in [3.05, 3.63) is 60.5 Å². The van der Waals surface area contributed by atoms with Crippen molar-refractivity contribution in [2.24, 2.45) is 0 Å². The van der Waals surface area contributed by atoms with E-state index in [2.05, 4.69) is 17.6 Å². The Morgan fingerprint density at radius 3 is 2.35 bits per heavy atom. The second kappa shape index (κ2) is 6.18. The van der Waals surface area contributed by atoms with Gasteiger partial charge < -0.3 is 15.3 Å². The Hall–Kier alpha value is -2.73. The smallest absolute Gasteiger partial charge is 0.325 e. The minimum Gasteiger partial charge on any atom is -0.480 e. The molecule has 6 heteroatoms. The van der Waals surface area contributed by atoms with E-state index in [4.69, 9.17) is 15.3 Å². The number of benzene rings is 2. The van der Waals surface area contributed by atoms with Gasteiger partial charge in [-0.1, -0.05) is 42.5 Å². The molecule has 23 heavy (non-hydrogen) atoms. The summed E-state index contributed by atoms with van der Waals surface area (Å²) in [5.74, 6) is -0.560.